The van der Waals surface area contributed by atoms with Gasteiger partial charge in [0, 0.05) is 5.02 Å². The van der Waals surface area contributed by atoms with Gasteiger partial charge >= 0.3 is 0 Å². The monoisotopic (exact) mass is 313 g/mol. The Morgan fingerprint density at radius 3 is 2.65 bits per heavy atom. The first-order valence-electron chi connectivity index (χ1n) is 5.75. The van der Waals surface area contributed by atoms with Crippen molar-refractivity contribution in [3.8, 4) is 0 Å². The lowest BCUT2D eigenvalue weighted by molar-refractivity contribution is 0.161. The lowest BCUT2D eigenvalue weighted by Crippen LogP contribution is -2.11. The van der Waals surface area contributed by atoms with E-state index in [4.69, 9.17) is 20.9 Å². The van der Waals surface area contributed by atoms with Crippen LogP contribution in [-0.2, 0) is 14.7 Å². The highest BCUT2D eigenvalue weighted by molar-refractivity contribution is 7.91. The van der Waals surface area contributed by atoms with Crippen LogP contribution in [0.15, 0.2) is 57.1 Å². The van der Waals surface area contributed by atoms with Crippen LogP contribution >= 0.6 is 11.6 Å². The van der Waals surface area contributed by atoms with Gasteiger partial charge in [-0.2, -0.15) is 0 Å². The van der Waals surface area contributed by atoms with E-state index in [-0.39, 0.29) is 17.3 Å². The molecule has 0 aliphatic rings. The summed E-state index contributed by atoms with van der Waals surface area (Å²) < 4.78 is 28.9. The summed E-state index contributed by atoms with van der Waals surface area (Å²) >= 11 is 5.71. The SMILES string of the molecule is O=S(=O)(CCO/N=C\c1ccco1)c1ccc(Cl)cc1. The summed E-state index contributed by atoms with van der Waals surface area (Å²) in [7, 11) is -3.39. The second-order valence-corrected chi connectivity index (χ2v) is 6.40. The maximum Gasteiger partial charge on any atom is 0.181 e. The molecule has 1 heterocycles. The molecule has 1 aromatic carbocycles. The van der Waals surface area contributed by atoms with Crippen molar-refractivity contribution in [3.63, 3.8) is 0 Å². The van der Waals surface area contributed by atoms with Crippen molar-refractivity contribution in [3.05, 3.63) is 53.4 Å². The summed E-state index contributed by atoms with van der Waals surface area (Å²) in [5, 5.41) is 4.11. The van der Waals surface area contributed by atoms with Crippen molar-refractivity contribution in [1.29, 1.82) is 0 Å². The highest BCUT2D eigenvalue weighted by atomic mass is 35.5. The summed E-state index contributed by atoms with van der Waals surface area (Å²) in [6.07, 6.45) is 2.88. The molecule has 2 aromatic rings. The Kier molecular flexibility index (Phi) is 4.81. The average Bonchev–Trinajstić information content (AvgIpc) is 2.92. The molecule has 0 atom stereocenters. The lowest BCUT2D eigenvalue weighted by Gasteiger charge is -2.03. The first-order valence-corrected chi connectivity index (χ1v) is 7.78. The maximum atomic E-state index is 11.9. The molecule has 0 unspecified atom stereocenters. The van der Waals surface area contributed by atoms with E-state index in [9.17, 15) is 8.42 Å². The fourth-order valence-corrected chi connectivity index (χ4v) is 2.62. The van der Waals surface area contributed by atoms with Crippen molar-refractivity contribution in [1.82, 2.24) is 0 Å². The predicted molar refractivity (Wildman–Crippen MR) is 75.8 cm³/mol. The number of furan rings is 1. The summed E-state index contributed by atoms with van der Waals surface area (Å²) in [5.74, 6) is 0.370. The van der Waals surface area contributed by atoms with Gasteiger partial charge in [0.05, 0.1) is 16.9 Å². The number of halogens is 1. The van der Waals surface area contributed by atoms with Gasteiger partial charge in [-0.05, 0) is 36.4 Å². The maximum absolute atomic E-state index is 11.9. The zero-order valence-electron chi connectivity index (χ0n) is 10.4. The highest BCUT2D eigenvalue weighted by Crippen LogP contribution is 2.15. The zero-order valence-corrected chi connectivity index (χ0v) is 12.0. The van der Waals surface area contributed by atoms with Crippen LogP contribution in [0.3, 0.4) is 0 Å². The molecule has 5 nitrogen and oxygen atoms in total. The molecule has 0 fully saturated rings. The fraction of sp³-hybridized carbons (Fsp3) is 0.154. The van der Waals surface area contributed by atoms with E-state index in [0.717, 1.165) is 0 Å². The molecule has 0 aliphatic heterocycles. The van der Waals surface area contributed by atoms with Gasteiger partial charge < -0.3 is 9.25 Å². The predicted octanol–water partition coefficient (Wildman–Crippen LogP) is 2.76. The molecule has 0 saturated heterocycles. The third-order valence-corrected chi connectivity index (χ3v) is 4.36. The van der Waals surface area contributed by atoms with E-state index in [2.05, 4.69) is 5.16 Å². The van der Waals surface area contributed by atoms with Gasteiger partial charge in [0.25, 0.3) is 0 Å². The molecular weight excluding hydrogens is 302 g/mol. The molecule has 20 heavy (non-hydrogen) atoms. The fourth-order valence-electron chi connectivity index (χ4n) is 1.41. The molecular formula is C13H12ClNO4S. The topological polar surface area (TPSA) is 68.9 Å². The Morgan fingerprint density at radius 1 is 1.25 bits per heavy atom. The largest absolute Gasteiger partial charge is 0.463 e. The van der Waals surface area contributed by atoms with E-state index in [1.165, 1.54) is 36.7 Å². The molecule has 0 bridgehead atoms. The molecule has 2 rings (SSSR count). The minimum absolute atomic E-state index is 0.0395. The lowest BCUT2D eigenvalue weighted by atomic mass is 10.4. The van der Waals surface area contributed by atoms with Gasteiger partial charge in [-0.3, -0.25) is 0 Å². The van der Waals surface area contributed by atoms with Crippen molar-refractivity contribution >= 4 is 27.7 Å². The molecule has 1 aromatic heterocycles. The van der Waals surface area contributed by atoms with Gasteiger partial charge in [0.15, 0.2) is 9.84 Å². The second kappa shape index (κ2) is 6.58. The molecule has 106 valence electrons. The highest BCUT2D eigenvalue weighted by Gasteiger charge is 2.14. The smallest absolute Gasteiger partial charge is 0.181 e. The number of oxime groups is 1. The molecule has 0 saturated carbocycles. The van der Waals surface area contributed by atoms with E-state index >= 15 is 0 Å². The number of rotatable bonds is 6. The first-order chi connectivity index (χ1) is 9.58. The van der Waals surface area contributed by atoms with Crippen LogP contribution in [0.5, 0.6) is 0 Å². The summed E-state index contributed by atoms with van der Waals surface area (Å²) in [6, 6.07) is 9.41. The summed E-state index contributed by atoms with van der Waals surface area (Å²) in [6.45, 7) is -0.0395. The molecule has 0 amide bonds. The number of sulfone groups is 1. The van der Waals surface area contributed by atoms with E-state index in [1.54, 1.807) is 12.1 Å². The normalized spacial score (nSPS) is 11.8. The molecule has 0 N–H and O–H groups in total. The van der Waals surface area contributed by atoms with Crippen LogP contribution in [0.4, 0.5) is 0 Å². The van der Waals surface area contributed by atoms with Gasteiger partial charge in [0.2, 0.25) is 0 Å². The van der Waals surface area contributed by atoms with Gasteiger partial charge in [-0.1, -0.05) is 16.8 Å². The zero-order chi connectivity index (χ0) is 14.4. The van der Waals surface area contributed by atoms with Crippen molar-refractivity contribution in [2.24, 2.45) is 5.16 Å². The van der Waals surface area contributed by atoms with Crippen LogP contribution < -0.4 is 0 Å². The number of hydrogen-bond donors (Lipinski definition) is 0. The minimum atomic E-state index is -3.39. The quantitative estimate of drug-likeness (QED) is 0.467. The van der Waals surface area contributed by atoms with E-state index < -0.39 is 9.84 Å². The third-order valence-electron chi connectivity index (χ3n) is 2.41. The third kappa shape index (κ3) is 4.11. The van der Waals surface area contributed by atoms with Crippen LogP contribution in [0, 0.1) is 0 Å². The van der Waals surface area contributed by atoms with Crippen molar-refractivity contribution in [2.75, 3.05) is 12.4 Å². The molecule has 0 aliphatic carbocycles. The average molecular weight is 314 g/mol. The van der Waals surface area contributed by atoms with E-state index in [1.807, 2.05) is 0 Å². The van der Waals surface area contributed by atoms with Gasteiger partial charge in [-0.15, -0.1) is 0 Å². The molecule has 0 spiro atoms. The summed E-state index contributed by atoms with van der Waals surface area (Å²) in [4.78, 5) is 5.10. The van der Waals surface area contributed by atoms with Crippen molar-refractivity contribution < 1.29 is 17.7 Å². The van der Waals surface area contributed by atoms with Gasteiger partial charge in [-0.25, -0.2) is 8.42 Å². The van der Waals surface area contributed by atoms with Crippen LogP contribution in [-0.4, -0.2) is 27.0 Å². The minimum Gasteiger partial charge on any atom is -0.463 e. The van der Waals surface area contributed by atoms with Crippen LogP contribution in [0.1, 0.15) is 5.76 Å². The van der Waals surface area contributed by atoms with E-state index in [0.29, 0.717) is 10.8 Å². The van der Waals surface area contributed by atoms with Gasteiger partial charge in [0.1, 0.15) is 18.6 Å². The Balaban J connectivity index is 1.85. The molecule has 0 radical (unpaired) electrons. The second-order valence-electron chi connectivity index (χ2n) is 3.86. The first kappa shape index (κ1) is 14.6. The number of benzene rings is 1. The van der Waals surface area contributed by atoms with Crippen LogP contribution in [0.2, 0.25) is 5.02 Å². The van der Waals surface area contributed by atoms with Crippen molar-refractivity contribution in [2.45, 2.75) is 4.90 Å². The Labute approximate surface area is 121 Å². The standard InChI is InChI=1S/C13H12ClNO4S/c14-11-3-5-13(6-4-11)20(16,17)9-8-19-15-10-12-2-1-7-18-12/h1-7,10H,8-9H2/b15-10-. The Morgan fingerprint density at radius 2 is 2.00 bits per heavy atom. The van der Waals surface area contributed by atoms with Crippen LogP contribution in [0.25, 0.3) is 0 Å². The number of hydrogen-bond acceptors (Lipinski definition) is 5. The Hall–Kier alpha value is -1.79. The molecule has 7 heteroatoms. The number of nitrogens with zero attached hydrogens (tertiary/aromatic N) is 1. The Bertz CT molecular complexity index is 663. The summed E-state index contributed by atoms with van der Waals surface area (Å²) in [5.41, 5.74) is 0.